The molecule has 3 saturated carbocycles. The number of aliphatic hydroxyl groups is 1. The van der Waals surface area contributed by atoms with Crippen molar-refractivity contribution in [3.05, 3.63) is 35.3 Å². The van der Waals surface area contributed by atoms with Crippen LogP contribution in [0.2, 0.25) is 0 Å². The molecule has 1 aromatic heterocycles. The van der Waals surface area contributed by atoms with E-state index < -0.39 is 93.0 Å². The van der Waals surface area contributed by atoms with Crippen molar-refractivity contribution < 1.29 is 52.4 Å². The number of esters is 4. The van der Waals surface area contributed by atoms with Gasteiger partial charge in [0.2, 0.25) is 11.4 Å². The molecule has 4 aliphatic carbocycles. The summed E-state index contributed by atoms with van der Waals surface area (Å²) in [5.41, 5.74) is -6.07. The lowest BCUT2D eigenvalue weighted by molar-refractivity contribution is -0.281. The van der Waals surface area contributed by atoms with E-state index in [1.54, 1.807) is 40.7 Å². The summed E-state index contributed by atoms with van der Waals surface area (Å²) in [5.74, 6) is -5.61. The minimum atomic E-state index is -2.32. The summed E-state index contributed by atoms with van der Waals surface area (Å²) in [6, 6.07) is 1.72. The molecule has 1 saturated heterocycles. The molecule has 11 heteroatoms. The summed E-state index contributed by atoms with van der Waals surface area (Å²) < 4.78 is 28.8. The fraction of sp³-hybridized carbons (Fsp3) is 0.686. The summed E-state index contributed by atoms with van der Waals surface area (Å²) >= 11 is 0. The zero-order chi connectivity index (χ0) is 33.8. The monoisotopic (exact) mass is 640 g/mol. The first-order valence-corrected chi connectivity index (χ1v) is 16.2. The van der Waals surface area contributed by atoms with Crippen molar-refractivity contribution in [1.29, 1.82) is 0 Å². The number of ether oxygens (including phenoxy) is 4. The molecule has 46 heavy (non-hydrogen) atoms. The number of Topliss-reactive ketones (excluding diaryl/α,β-unsaturated/α-hetero) is 1. The molecular formula is C35H44O11. The van der Waals surface area contributed by atoms with Gasteiger partial charge in [0.25, 0.3) is 0 Å². The summed E-state index contributed by atoms with van der Waals surface area (Å²) in [6.07, 6.45) is 1.41. The third-order valence-electron chi connectivity index (χ3n) is 12.3. The molecule has 1 aromatic rings. The van der Waals surface area contributed by atoms with E-state index >= 15 is 4.79 Å². The molecule has 0 amide bonds. The highest BCUT2D eigenvalue weighted by molar-refractivity contribution is 6.09. The van der Waals surface area contributed by atoms with Crippen molar-refractivity contribution in [2.24, 2.45) is 39.9 Å². The van der Waals surface area contributed by atoms with Gasteiger partial charge in [0, 0.05) is 33.8 Å². The van der Waals surface area contributed by atoms with E-state index in [4.69, 9.17) is 23.4 Å². The molecule has 0 spiro atoms. The van der Waals surface area contributed by atoms with Crippen LogP contribution in [0.3, 0.4) is 0 Å². The molecule has 9 atom stereocenters. The van der Waals surface area contributed by atoms with Crippen LogP contribution in [-0.2, 0) is 42.9 Å². The Morgan fingerprint density at radius 3 is 2.33 bits per heavy atom. The standard InChI is InChI=1S/C35H44O11/c1-17(2)28(39)45-30-32(6)16-34(41)33(7,22(32)14-23(36)42-8)20-9-11-31(5)21(13-24(37)44-27(31)19-10-12-43-15-19)25(20)26(38)35(30,34)46-29(40)18(3)4/h10,12,15,17-18,20,22,27,30,41H,9,11,13-14,16H2,1-8H3/t20-,22-,27-,30-,31+,32+,33+,34+,35+/m0/s1. The lowest BCUT2D eigenvalue weighted by Gasteiger charge is -2.66. The quantitative estimate of drug-likeness (QED) is 0.333. The predicted molar refractivity (Wildman–Crippen MR) is 159 cm³/mol. The lowest BCUT2D eigenvalue weighted by Crippen LogP contribution is -2.80. The normalized spacial score (nSPS) is 40.8. The second-order valence-corrected chi connectivity index (χ2v) is 15.3. The van der Waals surface area contributed by atoms with Gasteiger partial charge < -0.3 is 28.5 Å². The van der Waals surface area contributed by atoms with Crippen LogP contribution in [0.25, 0.3) is 0 Å². The van der Waals surface area contributed by atoms with Crippen LogP contribution in [0.4, 0.5) is 0 Å². The van der Waals surface area contributed by atoms with Crippen molar-refractivity contribution in [2.75, 3.05) is 7.11 Å². The minimum absolute atomic E-state index is 0.0542. The molecule has 4 fully saturated rings. The van der Waals surface area contributed by atoms with Crippen molar-refractivity contribution in [3.8, 4) is 0 Å². The van der Waals surface area contributed by atoms with Crippen molar-refractivity contribution in [2.45, 2.75) is 104 Å². The molecule has 5 aliphatic rings. The average molecular weight is 641 g/mol. The van der Waals surface area contributed by atoms with Crippen LogP contribution in [0.5, 0.6) is 0 Å². The van der Waals surface area contributed by atoms with Gasteiger partial charge in [-0.3, -0.25) is 24.0 Å². The molecule has 0 radical (unpaired) electrons. The van der Waals surface area contributed by atoms with Gasteiger partial charge in [-0.05, 0) is 42.7 Å². The molecule has 250 valence electrons. The Hall–Kier alpha value is -3.47. The van der Waals surface area contributed by atoms with Gasteiger partial charge in [0.15, 0.2) is 6.10 Å². The number of furan rings is 1. The second kappa shape index (κ2) is 10.3. The average Bonchev–Trinajstić information content (AvgIpc) is 3.63. The number of ketones is 1. The fourth-order valence-electron chi connectivity index (χ4n) is 10.0. The molecule has 11 nitrogen and oxygen atoms in total. The topological polar surface area (TPSA) is 156 Å². The molecule has 6 rings (SSSR count). The van der Waals surface area contributed by atoms with E-state index in [1.807, 2.05) is 13.8 Å². The Bertz CT molecular complexity index is 1540. The molecular weight excluding hydrogens is 596 g/mol. The number of fused-ring (bicyclic) bond motifs is 4. The van der Waals surface area contributed by atoms with Crippen LogP contribution in [0, 0.1) is 39.9 Å². The highest BCUT2D eigenvalue weighted by Crippen LogP contribution is 2.80. The van der Waals surface area contributed by atoms with Gasteiger partial charge in [0.05, 0.1) is 37.9 Å². The third kappa shape index (κ3) is 3.83. The van der Waals surface area contributed by atoms with Gasteiger partial charge in [-0.15, -0.1) is 0 Å². The van der Waals surface area contributed by atoms with Crippen molar-refractivity contribution >= 4 is 29.7 Å². The number of rotatable bonds is 7. The van der Waals surface area contributed by atoms with Crippen molar-refractivity contribution in [1.82, 2.24) is 0 Å². The largest absolute Gasteiger partial charge is 0.472 e. The Kier molecular flexibility index (Phi) is 7.24. The molecule has 0 unspecified atom stereocenters. The van der Waals surface area contributed by atoms with Crippen LogP contribution in [0.1, 0.15) is 92.2 Å². The van der Waals surface area contributed by atoms with E-state index in [0.717, 1.165) is 0 Å². The molecule has 1 aliphatic heterocycles. The Morgan fingerprint density at radius 1 is 1.07 bits per heavy atom. The van der Waals surface area contributed by atoms with E-state index in [9.17, 15) is 24.3 Å². The van der Waals surface area contributed by atoms with E-state index in [2.05, 4.69) is 0 Å². The molecule has 2 heterocycles. The number of carbonyl (C=O) groups is 5. The van der Waals surface area contributed by atoms with Crippen LogP contribution >= 0.6 is 0 Å². The van der Waals surface area contributed by atoms with E-state index in [0.29, 0.717) is 24.0 Å². The lowest BCUT2D eigenvalue weighted by atomic mass is 9.41. The SMILES string of the molecule is COC(=O)C[C@H]1[C@@]2(C)C[C@@]3(O)[C@]1(C)[C@H]1CC[C@]4(C)C(=C1C(=O)[C@@]3(OC(=O)C(C)C)[C@H]2OC(=O)C(C)C)CC(=O)O[C@H]4c1ccoc1. The number of cyclic esters (lactones) is 1. The van der Waals surface area contributed by atoms with Gasteiger partial charge in [-0.2, -0.15) is 0 Å². The predicted octanol–water partition coefficient (Wildman–Crippen LogP) is 4.41. The highest BCUT2D eigenvalue weighted by atomic mass is 16.6. The fourth-order valence-corrected chi connectivity index (χ4v) is 10.0. The highest BCUT2D eigenvalue weighted by Gasteiger charge is 2.92. The summed E-state index contributed by atoms with van der Waals surface area (Å²) in [7, 11) is 1.29. The zero-order valence-corrected chi connectivity index (χ0v) is 27.8. The van der Waals surface area contributed by atoms with Crippen LogP contribution in [0.15, 0.2) is 34.2 Å². The van der Waals surface area contributed by atoms with E-state index in [1.165, 1.54) is 19.6 Å². The smallest absolute Gasteiger partial charge is 0.310 e. The minimum Gasteiger partial charge on any atom is -0.472 e. The number of carbonyl (C=O) groups excluding carboxylic acids is 5. The zero-order valence-electron chi connectivity index (χ0n) is 27.8. The van der Waals surface area contributed by atoms with E-state index in [-0.39, 0.29) is 24.8 Å². The Morgan fingerprint density at radius 2 is 1.74 bits per heavy atom. The first-order chi connectivity index (χ1) is 21.4. The van der Waals surface area contributed by atoms with Crippen LogP contribution in [-0.4, -0.2) is 59.2 Å². The van der Waals surface area contributed by atoms with Gasteiger partial charge in [-0.1, -0.05) is 48.5 Å². The Labute approximate surface area is 268 Å². The van der Waals surface area contributed by atoms with Gasteiger partial charge in [-0.25, -0.2) is 0 Å². The maximum absolute atomic E-state index is 15.5. The molecule has 2 bridgehead atoms. The molecule has 0 aromatic carbocycles. The van der Waals surface area contributed by atoms with Crippen molar-refractivity contribution in [3.63, 3.8) is 0 Å². The first kappa shape index (κ1) is 32.5. The Balaban J connectivity index is 1.67. The van der Waals surface area contributed by atoms with Gasteiger partial charge in [0.1, 0.15) is 11.7 Å². The maximum atomic E-state index is 15.5. The summed E-state index contributed by atoms with van der Waals surface area (Å²) in [5, 5.41) is 13.2. The summed E-state index contributed by atoms with van der Waals surface area (Å²) in [4.78, 5) is 68.8. The number of hydrogen-bond donors (Lipinski definition) is 1. The number of hydrogen-bond acceptors (Lipinski definition) is 11. The van der Waals surface area contributed by atoms with Gasteiger partial charge >= 0.3 is 23.9 Å². The number of methoxy groups -OCH3 is 1. The summed E-state index contributed by atoms with van der Waals surface area (Å²) in [6.45, 7) is 12.1. The first-order valence-electron chi connectivity index (χ1n) is 16.2. The maximum Gasteiger partial charge on any atom is 0.310 e. The molecule has 1 N–H and O–H groups in total. The third-order valence-corrected chi connectivity index (χ3v) is 12.3. The van der Waals surface area contributed by atoms with Crippen LogP contribution < -0.4 is 0 Å². The second-order valence-electron chi connectivity index (χ2n) is 15.3.